The molecule has 2 heterocycles. The fourth-order valence-electron chi connectivity index (χ4n) is 4.75. The molecule has 0 radical (unpaired) electrons. The Balaban J connectivity index is 1.54. The molecule has 7 heteroatoms. The van der Waals surface area contributed by atoms with E-state index in [9.17, 15) is 18.0 Å². The summed E-state index contributed by atoms with van der Waals surface area (Å²) in [6.45, 7) is 3.50. The van der Waals surface area contributed by atoms with E-state index in [0.29, 0.717) is 5.41 Å². The van der Waals surface area contributed by atoms with Crippen LogP contribution >= 0.6 is 0 Å². The molecule has 1 N–H and O–H groups in total. The molecule has 4 rings (SSSR count). The van der Waals surface area contributed by atoms with Gasteiger partial charge in [-0.2, -0.15) is 13.2 Å². The molecule has 4 nitrogen and oxygen atoms in total. The Morgan fingerprint density at radius 3 is 2.37 bits per heavy atom. The van der Waals surface area contributed by atoms with Crippen molar-refractivity contribution in [3.8, 4) is 5.75 Å². The van der Waals surface area contributed by atoms with Crippen LogP contribution < -0.4 is 10.1 Å². The summed E-state index contributed by atoms with van der Waals surface area (Å²) in [5, 5.41) is 2.53. The summed E-state index contributed by atoms with van der Waals surface area (Å²) < 4.78 is 45.9. The average Bonchev–Trinajstić information content (AvgIpc) is 3.24. The Kier molecular flexibility index (Phi) is 4.31. The number of benzene rings is 1. The van der Waals surface area contributed by atoms with E-state index >= 15 is 0 Å². The molecule has 2 saturated heterocycles. The van der Waals surface area contributed by atoms with Crippen molar-refractivity contribution in [2.24, 2.45) is 5.41 Å². The van der Waals surface area contributed by atoms with Crippen molar-refractivity contribution < 1.29 is 22.7 Å². The van der Waals surface area contributed by atoms with Gasteiger partial charge in [0, 0.05) is 12.1 Å². The lowest BCUT2D eigenvalue weighted by Crippen LogP contribution is -2.49. The highest BCUT2D eigenvalue weighted by molar-refractivity contribution is 5.91. The minimum atomic E-state index is -4.57. The minimum Gasteiger partial charge on any atom is -0.491 e. The number of anilines is 1. The molecular formula is C20H25F3N2O2. The second kappa shape index (κ2) is 6.31. The molecule has 2 aliphatic heterocycles. The van der Waals surface area contributed by atoms with Gasteiger partial charge in [0.1, 0.15) is 5.75 Å². The van der Waals surface area contributed by atoms with Crippen LogP contribution in [0.25, 0.3) is 0 Å². The van der Waals surface area contributed by atoms with E-state index in [-0.39, 0.29) is 29.6 Å². The Morgan fingerprint density at radius 2 is 1.85 bits per heavy atom. The topological polar surface area (TPSA) is 41.6 Å². The molecule has 1 saturated carbocycles. The normalized spacial score (nSPS) is 25.8. The van der Waals surface area contributed by atoms with Crippen LogP contribution in [-0.4, -0.2) is 29.1 Å². The van der Waals surface area contributed by atoms with E-state index < -0.39 is 17.8 Å². The molecule has 0 aromatic heterocycles. The van der Waals surface area contributed by atoms with E-state index in [1.165, 1.54) is 25.0 Å². The van der Waals surface area contributed by atoms with Crippen LogP contribution in [0.5, 0.6) is 5.75 Å². The molecule has 2 unspecified atom stereocenters. The summed E-state index contributed by atoms with van der Waals surface area (Å²) in [5.74, 6) is 0.143. The number of amides is 2. The lowest BCUT2D eigenvalue weighted by molar-refractivity contribution is -0.137. The molecular weight excluding hydrogens is 357 g/mol. The van der Waals surface area contributed by atoms with Gasteiger partial charge in [-0.05, 0) is 76.0 Å². The van der Waals surface area contributed by atoms with Crippen LogP contribution in [0, 0.1) is 5.41 Å². The van der Waals surface area contributed by atoms with Crippen molar-refractivity contribution in [2.45, 2.75) is 76.7 Å². The number of piperidine rings is 1. The number of ether oxygens (including phenoxy) is 1. The molecule has 148 valence electrons. The van der Waals surface area contributed by atoms with Gasteiger partial charge < -0.3 is 15.0 Å². The van der Waals surface area contributed by atoms with E-state index in [4.69, 9.17) is 4.74 Å². The number of rotatable bonds is 3. The summed E-state index contributed by atoms with van der Waals surface area (Å²) in [6.07, 6.45) is 1.54. The molecule has 27 heavy (non-hydrogen) atoms. The first-order valence-electron chi connectivity index (χ1n) is 9.64. The fraction of sp³-hybridized carbons (Fsp3) is 0.650. The van der Waals surface area contributed by atoms with Crippen LogP contribution in [-0.2, 0) is 6.18 Å². The third kappa shape index (κ3) is 3.60. The zero-order valence-corrected chi connectivity index (χ0v) is 15.6. The van der Waals surface area contributed by atoms with Crippen LogP contribution in [0.1, 0.15) is 57.9 Å². The standard InChI is InChI=1S/C20H25F3N2O2/c1-12(2)27-15-5-6-17(16(9-15)20(21,22)23)24-18(26)25-13-3-4-14(25)11-19(10-13)7-8-19/h5-6,9,12-14H,3-4,7-8,10-11H2,1-2H3,(H,24,26). The monoisotopic (exact) mass is 382 g/mol. The van der Waals surface area contributed by atoms with Crippen molar-refractivity contribution in [1.82, 2.24) is 4.90 Å². The summed E-state index contributed by atoms with van der Waals surface area (Å²) in [7, 11) is 0. The van der Waals surface area contributed by atoms with Crippen LogP contribution in [0.3, 0.4) is 0 Å². The number of hydrogen-bond donors (Lipinski definition) is 1. The number of nitrogens with one attached hydrogen (secondary N) is 1. The molecule has 1 aromatic rings. The number of nitrogens with zero attached hydrogens (tertiary/aromatic N) is 1. The zero-order chi connectivity index (χ0) is 19.4. The number of halogens is 3. The number of urea groups is 1. The lowest BCUT2D eigenvalue weighted by atomic mass is 9.88. The second-order valence-electron chi connectivity index (χ2n) is 8.50. The van der Waals surface area contributed by atoms with Gasteiger partial charge in [0.25, 0.3) is 0 Å². The van der Waals surface area contributed by atoms with E-state index in [2.05, 4.69) is 5.32 Å². The smallest absolute Gasteiger partial charge is 0.418 e. The number of hydrogen-bond acceptors (Lipinski definition) is 2. The van der Waals surface area contributed by atoms with Gasteiger partial charge in [0.05, 0.1) is 17.4 Å². The Morgan fingerprint density at radius 1 is 1.22 bits per heavy atom. The van der Waals surface area contributed by atoms with E-state index in [1.807, 2.05) is 0 Å². The zero-order valence-electron chi connectivity index (χ0n) is 15.6. The molecule has 2 bridgehead atoms. The number of carbonyl (C=O) groups excluding carboxylic acids is 1. The molecule has 3 aliphatic rings. The number of alkyl halides is 3. The van der Waals surface area contributed by atoms with Crippen LogP contribution in [0.4, 0.5) is 23.7 Å². The van der Waals surface area contributed by atoms with Gasteiger partial charge in [-0.25, -0.2) is 4.79 Å². The first-order valence-corrected chi connectivity index (χ1v) is 9.64. The molecule has 2 amide bonds. The van der Waals surface area contributed by atoms with E-state index in [0.717, 1.165) is 31.7 Å². The maximum atomic E-state index is 13.5. The van der Waals surface area contributed by atoms with Gasteiger partial charge in [-0.15, -0.1) is 0 Å². The van der Waals surface area contributed by atoms with Crippen molar-refractivity contribution in [1.29, 1.82) is 0 Å². The third-order valence-corrected chi connectivity index (χ3v) is 6.06. The van der Waals surface area contributed by atoms with Crippen molar-refractivity contribution >= 4 is 11.7 Å². The van der Waals surface area contributed by atoms with Crippen molar-refractivity contribution in [3.63, 3.8) is 0 Å². The maximum absolute atomic E-state index is 13.5. The van der Waals surface area contributed by atoms with E-state index in [1.54, 1.807) is 18.7 Å². The maximum Gasteiger partial charge on any atom is 0.418 e. The quantitative estimate of drug-likeness (QED) is 0.757. The van der Waals surface area contributed by atoms with Crippen LogP contribution in [0.15, 0.2) is 18.2 Å². The number of fused-ring (bicyclic) bond motifs is 2. The Bertz CT molecular complexity index is 727. The summed E-state index contributed by atoms with van der Waals surface area (Å²) in [5.41, 5.74) is -0.679. The molecule has 1 aliphatic carbocycles. The summed E-state index contributed by atoms with van der Waals surface area (Å²) in [4.78, 5) is 14.6. The summed E-state index contributed by atoms with van der Waals surface area (Å²) in [6, 6.07) is 3.61. The molecule has 1 aromatic carbocycles. The largest absolute Gasteiger partial charge is 0.491 e. The van der Waals surface area contributed by atoms with Gasteiger partial charge in [0.15, 0.2) is 0 Å². The average molecular weight is 382 g/mol. The van der Waals surface area contributed by atoms with Gasteiger partial charge in [-0.3, -0.25) is 0 Å². The Labute approximate surface area is 157 Å². The van der Waals surface area contributed by atoms with Gasteiger partial charge in [0.2, 0.25) is 0 Å². The highest BCUT2D eigenvalue weighted by Crippen LogP contribution is 2.60. The molecule has 1 spiro atoms. The number of carbonyl (C=O) groups is 1. The first-order chi connectivity index (χ1) is 12.7. The molecule has 3 fully saturated rings. The lowest BCUT2D eigenvalue weighted by Gasteiger charge is -2.39. The fourth-order valence-corrected chi connectivity index (χ4v) is 4.75. The minimum absolute atomic E-state index is 0.143. The third-order valence-electron chi connectivity index (χ3n) is 6.06. The van der Waals surface area contributed by atoms with Crippen molar-refractivity contribution in [3.05, 3.63) is 23.8 Å². The van der Waals surface area contributed by atoms with Gasteiger partial charge in [-0.1, -0.05) is 0 Å². The molecule has 2 atom stereocenters. The predicted molar refractivity (Wildman–Crippen MR) is 95.8 cm³/mol. The highest BCUT2D eigenvalue weighted by atomic mass is 19.4. The SMILES string of the molecule is CC(C)Oc1ccc(NC(=O)N2C3CCC2CC2(CC2)C3)c(C(F)(F)F)c1. The van der Waals surface area contributed by atoms with Crippen molar-refractivity contribution in [2.75, 3.05) is 5.32 Å². The highest BCUT2D eigenvalue weighted by Gasteiger charge is 2.55. The Hall–Kier alpha value is -1.92. The predicted octanol–water partition coefficient (Wildman–Crippen LogP) is 5.43. The summed E-state index contributed by atoms with van der Waals surface area (Å²) >= 11 is 0. The van der Waals surface area contributed by atoms with Crippen LogP contribution in [0.2, 0.25) is 0 Å². The second-order valence-corrected chi connectivity index (χ2v) is 8.50. The first kappa shape index (κ1) is 18.4. The van der Waals surface area contributed by atoms with Gasteiger partial charge >= 0.3 is 12.2 Å².